The van der Waals surface area contributed by atoms with Gasteiger partial charge in [0.15, 0.2) is 0 Å². The minimum atomic E-state index is -0.882. The number of amides is 1. The summed E-state index contributed by atoms with van der Waals surface area (Å²) in [6, 6.07) is 1.94. The topological polar surface area (TPSA) is 53.0 Å². The zero-order chi connectivity index (χ0) is 16.8. The number of nitrogens with zero attached hydrogens (tertiary/aromatic N) is 2. The fourth-order valence-corrected chi connectivity index (χ4v) is 2.51. The Morgan fingerprint density at radius 1 is 1.26 bits per heavy atom. The van der Waals surface area contributed by atoms with Crippen molar-refractivity contribution in [2.24, 2.45) is 0 Å². The first-order valence-corrected chi connectivity index (χ1v) is 7.69. The van der Waals surface area contributed by atoms with Crippen molar-refractivity contribution in [3.05, 3.63) is 34.9 Å². The summed E-state index contributed by atoms with van der Waals surface area (Å²) in [5, 5.41) is 9.16. The molecule has 1 aromatic rings. The van der Waals surface area contributed by atoms with Crippen LogP contribution in [0.3, 0.4) is 0 Å². The SMILES string of the molecule is Cc1cc(C(=O)N(CCO)CCN2CCOCC2)c(F)cc1F. The van der Waals surface area contributed by atoms with Crippen LogP contribution in [0.5, 0.6) is 0 Å². The summed E-state index contributed by atoms with van der Waals surface area (Å²) in [6.07, 6.45) is 0. The van der Waals surface area contributed by atoms with E-state index in [2.05, 4.69) is 4.90 Å². The third kappa shape index (κ3) is 4.70. The molecule has 0 bridgehead atoms. The van der Waals surface area contributed by atoms with E-state index in [-0.39, 0.29) is 24.3 Å². The Morgan fingerprint density at radius 2 is 1.96 bits per heavy atom. The van der Waals surface area contributed by atoms with Gasteiger partial charge in [-0.3, -0.25) is 9.69 Å². The second kappa shape index (κ2) is 8.33. The molecule has 0 atom stereocenters. The van der Waals surface area contributed by atoms with Crippen LogP contribution >= 0.6 is 0 Å². The minimum Gasteiger partial charge on any atom is -0.395 e. The van der Waals surface area contributed by atoms with Crippen LogP contribution in [-0.2, 0) is 4.74 Å². The predicted molar refractivity (Wildman–Crippen MR) is 81.3 cm³/mol. The number of aliphatic hydroxyl groups excluding tert-OH is 1. The number of aliphatic hydroxyl groups is 1. The molecule has 1 aliphatic heterocycles. The number of hydrogen-bond donors (Lipinski definition) is 1. The van der Waals surface area contributed by atoms with Gasteiger partial charge in [-0.2, -0.15) is 0 Å². The van der Waals surface area contributed by atoms with E-state index in [0.717, 1.165) is 19.2 Å². The number of benzene rings is 1. The second-order valence-corrected chi connectivity index (χ2v) is 5.55. The van der Waals surface area contributed by atoms with Gasteiger partial charge in [-0.25, -0.2) is 8.78 Å². The van der Waals surface area contributed by atoms with Gasteiger partial charge in [0, 0.05) is 38.8 Å². The molecule has 0 saturated carbocycles. The number of hydrogen-bond acceptors (Lipinski definition) is 4. The Balaban J connectivity index is 2.06. The highest BCUT2D eigenvalue weighted by molar-refractivity contribution is 5.94. The Hall–Kier alpha value is -1.57. The van der Waals surface area contributed by atoms with Gasteiger partial charge in [0.25, 0.3) is 5.91 Å². The van der Waals surface area contributed by atoms with Crippen LogP contribution in [0.1, 0.15) is 15.9 Å². The van der Waals surface area contributed by atoms with Crippen LogP contribution in [0.25, 0.3) is 0 Å². The molecule has 23 heavy (non-hydrogen) atoms. The third-order valence-corrected chi connectivity index (χ3v) is 3.93. The summed E-state index contributed by atoms with van der Waals surface area (Å²) in [5.41, 5.74) is 0.0474. The van der Waals surface area contributed by atoms with E-state index in [1.165, 1.54) is 17.9 Å². The van der Waals surface area contributed by atoms with E-state index in [1.54, 1.807) is 0 Å². The third-order valence-electron chi connectivity index (χ3n) is 3.93. The van der Waals surface area contributed by atoms with Gasteiger partial charge in [-0.15, -0.1) is 0 Å². The lowest BCUT2D eigenvalue weighted by Crippen LogP contribution is -2.44. The molecule has 1 fully saturated rings. The van der Waals surface area contributed by atoms with Crippen molar-refractivity contribution in [1.82, 2.24) is 9.80 Å². The van der Waals surface area contributed by atoms with Crippen LogP contribution < -0.4 is 0 Å². The fraction of sp³-hybridized carbons (Fsp3) is 0.562. The van der Waals surface area contributed by atoms with Crippen LogP contribution in [0.4, 0.5) is 8.78 Å². The monoisotopic (exact) mass is 328 g/mol. The Kier molecular flexibility index (Phi) is 6.44. The van der Waals surface area contributed by atoms with Crippen LogP contribution in [-0.4, -0.2) is 73.4 Å². The highest BCUT2D eigenvalue weighted by Crippen LogP contribution is 2.16. The summed E-state index contributed by atoms with van der Waals surface area (Å²) in [4.78, 5) is 16.0. The standard InChI is InChI=1S/C16H22F2N2O3/c1-12-10-13(15(18)11-14(12)17)16(22)20(4-7-21)3-2-19-5-8-23-9-6-19/h10-11,21H,2-9H2,1H3. The van der Waals surface area contributed by atoms with Gasteiger partial charge in [0.05, 0.1) is 25.4 Å². The predicted octanol–water partition coefficient (Wildman–Crippen LogP) is 1.04. The smallest absolute Gasteiger partial charge is 0.256 e. The van der Waals surface area contributed by atoms with Crippen molar-refractivity contribution < 1.29 is 23.4 Å². The summed E-state index contributed by atoms with van der Waals surface area (Å²) in [5.74, 6) is -2.10. The van der Waals surface area contributed by atoms with E-state index in [1.807, 2.05) is 0 Å². The van der Waals surface area contributed by atoms with Crippen LogP contribution in [0.15, 0.2) is 12.1 Å². The van der Waals surface area contributed by atoms with Crippen molar-refractivity contribution in [3.8, 4) is 0 Å². The number of rotatable bonds is 6. The van der Waals surface area contributed by atoms with Gasteiger partial charge in [0.1, 0.15) is 11.6 Å². The van der Waals surface area contributed by atoms with Crippen molar-refractivity contribution in [2.75, 3.05) is 52.5 Å². The molecule has 0 spiro atoms. The first kappa shape index (κ1) is 17.8. The second-order valence-electron chi connectivity index (χ2n) is 5.55. The number of carbonyl (C=O) groups excluding carboxylic acids is 1. The molecule has 128 valence electrons. The molecule has 0 unspecified atom stereocenters. The maximum atomic E-state index is 13.9. The molecule has 5 nitrogen and oxygen atoms in total. The van der Waals surface area contributed by atoms with E-state index >= 15 is 0 Å². The van der Waals surface area contributed by atoms with E-state index in [0.29, 0.717) is 26.3 Å². The van der Waals surface area contributed by atoms with E-state index < -0.39 is 17.5 Å². The molecule has 0 aliphatic carbocycles. The highest BCUT2D eigenvalue weighted by atomic mass is 19.1. The Bertz CT molecular complexity index is 548. The summed E-state index contributed by atoms with van der Waals surface area (Å²) in [7, 11) is 0. The number of halogens is 2. The minimum absolute atomic E-state index is 0.110. The van der Waals surface area contributed by atoms with Gasteiger partial charge < -0.3 is 14.7 Å². The molecule has 1 heterocycles. The normalized spacial score (nSPS) is 15.7. The molecule has 1 saturated heterocycles. The van der Waals surface area contributed by atoms with Crippen molar-refractivity contribution in [1.29, 1.82) is 0 Å². The number of aryl methyl sites for hydroxylation is 1. The van der Waals surface area contributed by atoms with Gasteiger partial charge in [0.2, 0.25) is 0 Å². The Morgan fingerprint density at radius 3 is 2.61 bits per heavy atom. The van der Waals surface area contributed by atoms with E-state index in [4.69, 9.17) is 9.84 Å². The Labute approximate surface area is 134 Å². The van der Waals surface area contributed by atoms with Gasteiger partial charge >= 0.3 is 0 Å². The lowest BCUT2D eigenvalue weighted by molar-refractivity contribution is 0.0315. The zero-order valence-corrected chi connectivity index (χ0v) is 13.2. The summed E-state index contributed by atoms with van der Waals surface area (Å²) >= 11 is 0. The largest absolute Gasteiger partial charge is 0.395 e. The molecule has 0 aromatic heterocycles. The quantitative estimate of drug-likeness (QED) is 0.848. The van der Waals surface area contributed by atoms with E-state index in [9.17, 15) is 13.6 Å². The molecule has 0 radical (unpaired) electrons. The average molecular weight is 328 g/mol. The van der Waals surface area contributed by atoms with Crippen molar-refractivity contribution in [3.63, 3.8) is 0 Å². The maximum Gasteiger partial charge on any atom is 0.256 e. The summed E-state index contributed by atoms with van der Waals surface area (Å²) in [6.45, 7) is 5.24. The molecule has 1 amide bonds. The molecule has 1 aliphatic rings. The molecule has 1 N–H and O–H groups in total. The molecule has 1 aromatic carbocycles. The number of ether oxygens (including phenoxy) is 1. The van der Waals surface area contributed by atoms with Crippen LogP contribution in [0, 0.1) is 18.6 Å². The molecule has 2 rings (SSSR count). The van der Waals surface area contributed by atoms with Crippen LogP contribution in [0.2, 0.25) is 0 Å². The molecule has 7 heteroatoms. The number of morpholine rings is 1. The highest BCUT2D eigenvalue weighted by Gasteiger charge is 2.21. The fourth-order valence-electron chi connectivity index (χ4n) is 2.51. The van der Waals surface area contributed by atoms with Gasteiger partial charge in [-0.1, -0.05) is 0 Å². The first-order chi connectivity index (χ1) is 11.0. The summed E-state index contributed by atoms with van der Waals surface area (Å²) < 4.78 is 32.5. The molecular weight excluding hydrogens is 306 g/mol. The first-order valence-electron chi connectivity index (χ1n) is 7.69. The number of carbonyl (C=O) groups is 1. The lowest BCUT2D eigenvalue weighted by Gasteiger charge is -2.30. The lowest BCUT2D eigenvalue weighted by atomic mass is 10.1. The van der Waals surface area contributed by atoms with Crippen molar-refractivity contribution >= 4 is 5.91 Å². The van der Waals surface area contributed by atoms with Crippen molar-refractivity contribution in [2.45, 2.75) is 6.92 Å². The zero-order valence-electron chi connectivity index (χ0n) is 13.2. The maximum absolute atomic E-state index is 13.9. The average Bonchev–Trinajstić information content (AvgIpc) is 2.55. The van der Waals surface area contributed by atoms with Gasteiger partial charge in [-0.05, 0) is 18.6 Å². The molecular formula is C16H22F2N2O3.